The van der Waals surface area contributed by atoms with Crippen molar-refractivity contribution in [3.63, 3.8) is 0 Å². The van der Waals surface area contributed by atoms with Gasteiger partial charge in [-0.05, 0) is 38.8 Å². The van der Waals surface area contributed by atoms with Crippen molar-refractivity contribution >= 4 is 11.9 Å². The topological polar surface area (TPSA) is 143 Å². The summed E-state index contributed by atoms with van der Waals surface area (Å²) in [4.78, 5) is 22.6. The van der Waals surface area contributed by atoms with Crippen molar-refractivity contribution in [1.82, 2.24) is 5.32 Å². The zero-order valence-corrected chi connectivity index (χ0v) is 13.4. The molecular formula is C14H30N4O4. The number of unbranched alkanes of at least 4 members (excludes halogenated alkanes) is 2. The lowest BCUT2D eigenvalue weighted by atomic mass is 10.1. The van der Waals surface area contributed by atoms with Crippen molar-refractivity contribution in [2.75, 3.05) is 26.9 Å². The summed E-state index contributed by atoms with van der Waals surface area (Å²) in [5.41, 5.74) is 16.7. The molecule has 0 saturated carbocycles. The van der Waals surface area contributed by atoms with E-state index < -0.39 is 24.0 Å². The van der Waals surface area contributed by atoms with Crippen molar-refractivity contribution in [2.45, 2.75) is 50.6 Å². The SMILES string of the molecule is COC(=O)C(N)CCCCNCOC(=O)C(N)CCCCN. The molecule has 2 unspecified atom stereocenters. The fraction of sp³-hybridized carbons (Fsp3) is 0.857. The number of hydrogen-bond donors (Lipinski definition) is 4. The molecular weight excluding hydrogens is 288 g/mol. The van der Waals surface area contributed by atoms with Crippen LogP contribution in [0.2, 0.25) is 0 Å². The van der Waals surface area contributed by atoms with Crippen LogP contribution in [0.5, 0.6) is 0 Å². The van der Waals surface area contributed by atoms with Crippen LogP contribution in [0.4, 0.5) is 0 Å². The molecule has 0 fully saturated rings. The van der Waals surface area contributed by atoms with E-state index in [0.29, 0.717) is 25.9 Å². The lowest BCUT2D eigenvalue weighted by Gasteiger charge is -2.12. The molecule has 0 spiro atoms. The second-order valence-electron chi connectivity index (χ2n) is 5.12. The van der Waals surface area contributed by atoms with E-state index in [-0.39, 0.29) is 6.73 Å². The van der Waals surface area contributed by atoms with E-state index in [2.05, 4.69) is 10.1 Å². The first kappa shape index (κ1) is 20.8. The molecule has 8 nitrogen and oxygen atoms in total. The van der Waals surface area contributed by atoms with Gasteiger partial charge in [0.25, 0.3) is 0 Å². The van der Waals surface area contributed by atoms with Crippen molar-refractivity contribution in [3.05, 3.63) is 0 Å². The standard InChI is InChI=1S/C14H30N4O4/c1-21-13(19)11(16)7-3-5-9-18-10-22-14(20)12(17)6-2-4-8-15/h11-12,18H,2-10,15-17H2,1H3. The normalized spacial score (nSPS) is 13.5. The van der Waals surface area contributed by atoms with Crippen LogP contribution in [0, 0.1) is 0 Å². The molecule has 0 rings (SSSR count). The summed E-state index contributed by atoms with van der Waals surface area (Å²) in [7, 11) is 1.32. The van der Waals surface area contributed by atoms with Crippen molar-refractivity contribution in [2.24, 2.45) is 17.2 Å². The highest BCUT2D eigenvalue weighted by Gasteiger charge is 2.14. The second-order valence-corrected chi connectivity index (χ2v) is 5.12. The van der Waals surface area contributed by atoms with Gasteiger partial charge < -0.3 is 26.7 Å². The van der Waals surface area contributed by atoms with Crippen molar-refractivity contribution < 1.29 is 19.1 Å². The molecule has 0 aromatic carbocycles. The zero-order chi connectivity index (χ0) is 16.8. The maximum Gasteiger partial charge on any atom is 0.324 e. The Balaban J connectivity index is 3.49. The molecule has 0 heterocycles. The lowest BCUT2D eigenvalue weighted by molar-refractivity contribution is -0.146. The molecule has 0 aliphatic heterocycles. The Morgan fingerprint density at radius 2 is 1.59 bits per heavy atom. The van der Waals surface area contributed by atoms with E-state index >= 15 is 0 Å². The summed E-state index contributed by atoms with van der Waals surface area (Å²) >= 11 is 0. The fourth-order valence-corrected chi connectivity index (χ4v) is 1.81. The summed E-state index contributed by atoms with van der Waals surface area (Å²) in [5, 5.41) is 2.98. The molecule has 130 valence electrons. The number of nitrogens with two attached hydrogens (primary N) is 3. The molecule has 2 atom stereocenters. The molecule has 0 saturated heterocycles. The van der Waals surface area contributed by atoms with E-state index in [0.717, 1.165) is 25.7 Å². The zero-order valence-electron chi connectivity index (χ0n) is 13.4. The van der Waals surface area contributed by atoms with E-state index in [1.165, 1.54) is 7.11 Å². The van der Waals surface area contributed by atoms with Gasteiger partial charge in [-0.3, -0.25) is 14.9 Å². The Hall–Kier alpha value is -1.22. The van der Waals surface area contributed by atoms with Gasteiger partial charge in [-0.15, -0.1) is 0 Å². The van der Waals surface area contributed by atoms with Crippen LogP contribution in [0.1, 0.15) is 38.5 Å². The predicted molar refractivity (Wildman–Crippen MR) is 83.7 cm³/mol. The summed E-state index contributed by atoms with van der Waals surface area (Å²) < 4.78 is 9.55. The summed E-state index contributed by atoms with van der Waals surface area (Å²) in [6, 6.07) is -1.17. The second kappa shape index (κ2) is 13.4. The first-order chi connectivity index (χ1) is 10.5. The number of esters is 2. The van der Waals surface area contributed by atoms with Crippen LogP contribution < -0.4 is 22.5 Å². The molecule has 0 radical (unpaired) electrons. The lowest BCUT2D eigenvalue weighted by Crippen LogP contribution is -2.35. The van der Waals surface area contributed by atoms with Gasteiger partial charge in [0.2, 0.25) is 0 Å². The number of carbonyl (C=O) groups excluding carboxylic acids is 2. The summed E-state index contributed by atoms with van der Waals surface area (Å²) in [6.07, 6.45) is 4.44. The molecule has 0 bridgehead atoms. The molecule has 8 heteroatoms. The minimum atomic E-state index is -0.591. The molecule has 7 N–H and O–H groups in total. The van der Waals surface area contributed by atoms with Crippen LogP contribution in [0.3, 0.4) is 0 Å². The first-order valence-electron chi connectivity index (χ1n) is 7.69. The minimum Gasteiger partial charge on any atom is -0.468 e. The van der Waals surface area contributed by atoms with Gasteiger partial charge in [0, 0.05) is 0 Å². The monoisotopic (exact) mass is 318 g/mol. The number of rotatable bonds is 13. The van der Waals surface area contributed by atoms with Gasteiger partial charge >= 0.3 is 11.9 Å². The Bertz CT molecular complexity index is 315. The van der Waals surface area contributed by atoms with Gasteiger partial charge in [0.1, 0.15) is 18.8 Å². The van der Waals surface area contributed by atoms with E-state index in [1.807, 2.05) is 0 Å². The quantitative estimate of drug-likeness (QED) is 0.196. The number of ether oxygens (including phenoxy) is 2. The van der Waals surface area contributed by atoms with Crippen LogP contribution in [-0.4, -0.2) is 51.0 Å². The molecule has 0 aromatic rings. The maximum atomic E-state index is 11.5. The average Bonchev–Trinajstić information content (AvgIpc) is 2.52. The highest BCUT2D eigenvalue weighted by molar-refractivity contribution is 5.75. The number of carbonyl (C=O) groups is 2. The van der Waals surface area contributed by atoms with E-state index in [1.54, 1.807) is 0 Å². The van der Waals surface area contributed by atoms with Gasteiger partial charge in [-0.25, -0.2) is 0 Å². The molecule has 22 heavy (non-hydrogen) atoms. The summed E-state index contributed by atoms with van der Waals surface area (Å²) in [5.74, 6) is -0.803. The molecule has 0 aromatic heterocycles. The molecule has 0 aliphatic rings. The highest BCUT2D eigenvalue weighted by atomic mass is 16.5. The fourth-order valence-electron chi connectivity index (χ4n) is 1.81. The van der Waals surface area contributed by atoms with Crippen LogP contribution in [-0.2, 0) is 19.1 Å². The highest BCUT2D eigenvalue weighted by Crippen LogP contribution is 2.01. The van der Waals surface area contributed by atoms with Crippen LogP contribution in [0.25, 0.3) is 0 Å². The third kappa shape index (κ3) is 10.5. The van der Waals surface area contributed by atoms with Gasteiger partial charge in [-0.2, -0.15) is 0 Å². The van der Waals surface area contributed by atoms with Gasteiger partial charge in [0.15, 0.2) is 0 Å². The van der Waals surface area contributed by atoms with Gasteiger partial charge in [-0.1, -0.05) is 12.8 Å². The third-order valence-electron chi connectivity index (χ3n) is 3.21. The Morgan fingerprint density at radius 1 is 1.00 bits per heavy atom. The number of hydrogen-bond acceptors (Lipinski definition) is 8. The summed E-state index contributed by atoms with van der Waals surface area (Å²) in [6.45, 7) is 1.40. The smallest absolute Gasteiger partial charge is 0.324 e. The Kier molecular flexibility index (Phi) is 12.7. The first-order valence-corrected chi connectivity index (χ1v) is 7.69. The number of nitrogens with one attached hydrogen (secondary N) is 1. The molecule has 0 amide bonds. The van der Waals surface area contributed by atoms with Crippen molar-refractivity contribution in [3.8, 4) is 0 Å². The average molecular weight is 318 g/mol. The van der Waals surface area contributed by atoms with E-state index in [4.69, 9.17) is 21.9 Å². The van der Waals surface area contributed by atoms with Crippen LogP contribution in [0.15, 0.2) is 0 Å². The van der Waals surface area contributed by atoms with Crippen LogP contribution >= 0.6 is 0 Å². The Labute approximate surface area is 132 Å². The third-order valence-corrected chi connectivity index (χ3v) is 3.21. The number of methoxy groups -OCH3 is 1. The minimum absolute atomic E-state index is 0.131. The maximum absolute atomic E-state index is 11.5. The predicted octanol–water partition coefficient (Wildman–Crippen LogP) is -0.796. The van der Waals surface area contributed by atoms with Crippen molar-refractivity contribution in [1.29, 1.82) is 0 Å². The largest absolute Gasteiger partial charge is 0.468 e. The van der Waals surface area contributed by atoms with Gasteiger partial charge in [0.05, 0.1) is 7.11 Å². The van der Waals surface area contributed by atoms with E-state index in [9.17, 15) is 9.59 Å². The molecule has 0 aliphatic carbocycles. The Morgan fingerprint density at radius 3 is 2.18 bits per heavy atom.